The number of ether oxygens (including phenoxy) is 1. The molecule has 0 unspecified atom stereocenters. The van der Waals surface area contributed by atoms with Crippen molar-refractivity contribution in [3.8, 4) is 22.8 Å². The Labute approximate surface area is 231 Å². The van der Waals surface area contributed by atoms with Crippen LogP contribution in [0.25, 0.3) is 32.8 Å². The van der Waals surface area contributed by atoms with Crippen molar-refractivity contribution in [1.82, 2.24) is 0 Å². The maximum absolute atomic E-state index is 8.92. The Morgan fingerprint density at radius 2 is 1.39 bits per heavy atom. The van der Waals surface area contributed by atoms with Gasteiger partial charge in [-0.2, -0.15) is 0 Å². The molecule has 2 heterocycles. The van der Waals surface area contributed by atoms with Crippen LogP contribution in [0.2, 0.25) is 0 Å². The van der Waals surface area contributed by atoms with Gasteiger partial charge in [0.05, 0.1) is 10.9 Å². The van der Waals surface area contributed by atoms with E-state index in [0.29, 0.717) is 6.17 Å². The van der Waals surface area contributed by atoms with Gasteiger partial charge in [-0.3, -0.25) is 0 Å². The highest BCUT2D eigenvalue weighted by atomic mass is 16.5. The molecule has 1 aromatic heterocycles. The fraction of sp³-hybridized carbons (Fsp3) is 0.472. The molecular formula is C36H46NO+. The van der Waals surface area contributed by atoms with Crippen LogP contribution in [0, 0.1) is 23.2 Å². The van der Waals surface area contributed by atoms with Gasteiger partial charge in [-0.1, -0.05) is 86.6 Å². The van der Waals surface area contributed by atoms with Crippen LogP contribution in [0.1, 0.15) is 85.9 Å². The molecule has 0 aliphatic carbocycles. The van der Waals surface area contributed by atoms with Gasteiger partial charge >= 0.3 is 0 Å². The summed E-state index contributed by atoms with van der Waals surface area (Å²) in [5, 5.41) is 4.80. The third-order valence-corrected chi connectivity index (χ3v) is 7.49. The van der Waals surface area contributed by atoms with Crippen LogP contribution >= 0.6 is 0 Å². The number of aromatic nitrogens is 1. The summed E-state index contributed by atoms with van der Waals surface area (Å²) >= 11 is 0. The molecule has 5 rings (SSSR count). The zero-order chi connectivity index (χ0) is 28.7. The van der Waals surface area contributed by atoms with Crippen LogP contribution in [0.4, 0.5) is 0 Å². The van der Waals surface area contributed by atoms with Gasteiger partial charge in [0.1, 0.15) is 19.9 Å². The number of fused-ring (bicyclic) bond motifs is 3. The first kappa shape index (κ1) is 25.4. The fourth-order valence-corrected chi connectivity index (χ4v) is 6.23. The predicted octanol–water partition coefficient (Wildman–Crippen LogP) is 9.66. The second-order valence-corrected chi connectivity index (χ2v) is 15.2. The van der Waals surface area contributed by atoms with Gasteiger partial charge in [0.2, 0.25) is 5.69 Å². The average Bonchev–Trinajstić information content (AvgIpc) is 2.76. The van der Waals surface area contributed by atoms with Crippen LogP contribution in [-0.4, -0.2) is 0 Å². The van der Waals surface area contributed by atoms with Crippen molar-refractivity contribution in [2.75, 3.05) is 0 Å². The Morgan fingerprint density at radius 1 is 0.763 bits per heavy atom. The number of hydrogen-bond donors (Lipinski definition) is 0. The average molecular weight is 510 g/mol. The van der Waals surface area contributed by atoms with E-state index in [0.717, 1.165) is 52.8 Å². The van der Waals surface area contributed by atoms with Crippen molar-refractivity contribution in [2.24, 2.45) is 23.3 Å². The van der Waals surface area contributed by atoms with Gasteiger partial charge in [-0.15, -0.1) is 0 Å². The summed E-state index contributed by atoms with van der Waals surface area (Å²) in [6, 6.07) is 13.6. The first-order valence-electron chi connectivity index (χ1n) is 14.6. The quantitative estimate of drug-likeness (QED) is 0.221. The first-order chi connectivity index (χ1) is 17.9. The SMILES string of the molecule is [2H]c1cc2cc(CC(C)(C)C)cc3c2c([n+]1C)-c1c(c(CC(C)(C)C)c2ccc(CC(C)(C)C)cc2c1C)O3. The molecule has 0 spiro atoms. The van der Waals surface area contributed by atoms with E-state index in [2.05, 4.69) is 104 Å². The van der Waals surface area contributed by atoms with Crippen LogP contribution in [0.3, 0.4) is 0 Å². The largest absolute Gasteiger partial charge is 0.455 e. The lowest BCUT2D eigenvalue weighted by molar-refractivity contribution is -0.659. The second kappa shape index (κ2) is 8.83. The molecule has 0 radical (unpaired) electrons. The minimum absolute atomic E-state index is 0.0898. The summed E-state index contributed by atoms with van der Waals surface area (Å²) in [6.07, 6.45) is 3.42. The molecular weight excluding hydrogens is 462 g/mol. The Balaban J connectivity index is 1.89. The van der Waals surface area contributed by atoms with Gasteiger partial charge < -0.3 is 4.74 Å². The highest BCUT2D eigenvalue weighted by Gasteiger charge is 2.34. The lowest BCUT2D eigenvalue weighted by atomic mass is 9.80. The Kier molecular flexibility index (Phi) is 5.91. The van der Waals surface area contributed by atoms with Crippen molar-refractivity contribution < 1.29 is 10.7 Å². The van der Waals surface area contributed by atoms with Gasteiger partial charge in [-0.05, 0) is 81.3 Å². The Hall–Kier alpha value is -2.87. The standard InChI is InChI=1S/C36H46NO/c1-22-27-17-23(19-34(2,3)4)12-13-26(27)28(21-36(8,9)10)33-30(22)32-31-25(14-15-37(32)11)16-24(18-29(31)38-33)20-35(5,6)7/h12-18H,19-21H2,1-11H3/q+1/i15D. The molecule has 0 saturated carbocycles. The summed E-state index contributed by atoms with van der Waals surface area (Å²) in [4.78, 5) is 0. The molecule has 2 heteroatoms. The molecule has 4 aromatic rings. The van der Waals surface area contributed by atoms with Crippen LogP contribution in [0.15, 0.2) is 42.6 Å². The normalized spacial score (nSPS) is 14.0. The fourth-order valence-electron chi connectivity index (χ4n) is 6.23. The number of rotatable bonds is 3. The molecule has 200 valence electrons. The number of aryl methyl sites for hydroxylation is 1. The maximum atomic E-state index is 8.92. The zero-order valence-corrected chi connectivity index (χ0v) is 25.4. The zero-order valence-electron chi connectivity index (χ0n) is 26.4. The summed E-state index contributed by atoms with van der Waals surface area (Å²) in [7, 11) is 2.03. The van der Waals surface area contributed by atoms with Crippen LogP contribution in [0.5, 0.6) is 11.5 Å². The van der Waals surface area contributed by atoms with E-state index < -0.39 is 0 Å². The molecule has 0 fully saturated rings. The number of nitrogens with zero attached hydrogens (tertiary/aromatic N) is 1. The molecule has 3 aromatic carbocycles. The van der Waals surface area contributed by atoms with E-state index in [-0.39, 0.29) is 16.2 Å². The lowest BCUT2D eigenvalue weighted by Crippen LogP contribution is -2.32. The molecule has 2 nitrogen and oxygen atoms in total. The molecule has 1 aliphatic rings. The summed E-state index contributed by atoms with van der Waals surface area (Å²) in [5.74, 6) is 1.89. The van der Waals surface area contributed by atoms with Crippen molar-refractivity contribution in [3.05, 3.63) is 64.8 Å². The van der Waals surface area contributed by atoms with Crippen molar-refractivity contribution in [3.63, 3.8) is 0 Å². The number of hydrogen-bond acceptors (Lipinski definition) is 1. The Bertz CT molecular complexity index is 1620. The van der Waals surface area contributed by atoms with E-state index in [4.69, 9.17) is 6.11 Å². The van der Waals surface area contributed by atoms with Crippen LogP contribution in [-0.2, 0) is 26.3 Å². The summed E-state index contributed by atoms with van der Waals surface area (Å²) in [5.41, 5.74) is 7.85. The molecule has 1 aliphatic heterocycles. The first-order valence-corrected chi connectivity index (χ1v) is 14.1. The van der Waals surface area contributed by atoms with Gasteiger partial charge in [0.15, 0.2) is 6.17 Å². The smallest absolute Gasteiger partial charge is 0.228 e. The van der Waals surface area contributed by atoms with Gasteiger partial charge in [0, 0.05) is 11.6 Å². The maximum Gasteiger partial charge on any atom is 0.228 e. The molecule has 0 amide bonds. The third kappa shape index (κ3) is 5.07. The molecule has 0 atom stereocenters. The monoisotopic (exact) mass is 509 g/mol. The number of pyridine rings is 1. The summed E-state index contributed by atoms with van der Waals surface area (Å²) < 4.78 is 18.0. The Morgan fingerprint density at radius 3 is 2.03 bits per heavy atom. The predicted molar refractivity (Wildman–Crippen MR) is 162 cm³/mol. The van der Waals surface area contributed by atoms with E-state index in [1.165, 1.54) is 33.0 Å². The molecule has 0 bridgehead atoms. The van der Waals surface area contributed by atoms with E-state index in [1.54, 1.807) is 0 Å². The van der Waals surface area contributed by atoms with Crippen LogP contribution < -0.4 is 9.30 Å². The topological polar surface area (TPSA) is 13.1 Å². The third-order valence-electron chi connectivity index (χ3n) is 7.49. The molecule has 38 heavy (non-hydrogen) atoms. The van der Waals surface area contributed by atoms with Crippen molar-refractivity contribution in [2.45, 2.75) is 88.5 Å². The molecule has 0 saturated heterocycles. The van der Waals surface area contributed by atoms with E-state index >= 15 is 0 Å². The molecule has 0 N–H and O–H groups in total. The number of benzene rings is 3. The minimum atomic E-state index is 0.0898. The highest BCUT2D eigenvalue weighted by Crippen LogP contribution is 2.52. The van der Waals surface area contributed by atoms with E-state index in [1.807, 2.05) is 13.1 Å². The lowest BCUT2D eigenvalue weighted by Gasteiger charge is -2.29. The second-order valence-electron chi connectivity index (χ2n) is 15.2. The summed E-state index contributed by atoms with van der Waals surface area (Å²) in [6.45, 7) is 22.9. The van der Waals surface area contributed by atoms with Crippen molar-refractivity contribution >= 4 is 21.5 Å². The van der Waals surface area contributed by atoms with E-state index in [9.17, 15) is 0 Å². The highest BCUT2D eigenvalue weighted by molar-refractivity contribution is 6.06. The van der Waals surface area contributed by atoms with Gasteiger partial charge in [0.25, 0.3) is 0 Å². The minimum Gasteiger partial charge on any atom is -0.455 e. The van der Waals surface area contributed by atoms with Crippen molar-refractivity contribution in [1.29, 1.82) is 0 Å². The van der Waals surface area contributed by atoms with Gasteiger partial charge in [-0.25, -0.2) is 4.57 Å².